The third-order valence-corrected chi connectivity index (χ3v) is 1.37. The monoisotopic (exact) mass is 163 g/mol. The summed E-state index contributed by atoms with van der Waals surface area (Å²) in [4.78, 5) is 10.5. The van der Waals surface area contributed by atoms with Crippen molar-refractivity contribution in [1.82, 2.24) is 5.32 Å². The van der Waals surface area contributed by atoms with Crippen LogP contribution in [0.15, 0.2) is 0 Å². The molecule has 0 fully saturated rings. The standard InChI is InChI=1S/C5H9NO3S/c1-3(8)4(10)5(9)6-2-7/h3,7-8H,2H2,1H3,(H,6,9). The van der Waals surface area contributed by atoms with Crippen molar-refractivity contribution in [3.63, 3.8) is 0 Å². The molecule has 58 valence electrons. The number of aliphatic hydroxyl groups excluding tert-OH is 2. The van der Waals surface area contributed by atoms with Crippen LogP contribution >= 0.6 is 12.2 Å². The summed E-state index contributed by atoms with van der Waals surface area (Å²) in [5.41, 5.74) is 0. The largest absolute Gasteiger partial charge is 0.388 e. The Morgan fingerprint density at radius 1 is 1.80 bits per heavy atom. The van der Waals surface area contributed by atoms with Gasteiger partial charge in [-0.3, -0.25) is 4.79 Å². The zero-order chi connectivity index (χ0) is 8.15. The fourth-order valence-corrected chi connectivity index (χ4v) is 0.421. The van der Waals surface area contributed by atoms with Crippen molar-refractivity contribution in [2.24, 2.45) is 0 Å². The molecule has 10 heavy (non-hydrogen) atoms. The predicted octanol–water partition coefficient (Wildman–Crippen LogP) is -1.20. The minimum Gasteiger partial charge on any atom is -0.388 e. The van der Waals surface area contributed by atoms with Crippen molar-refractivity contribution in [2.75, 3.05) is 6.73 Å². The minimum absolute atomic E-state index is 0.117. The van der Waals surface area contributed by atoms with Gasteiger partial charge in [0.1, 0.15) is 11.6 Å². The molecule has 4 nitrogen and oxygen atoms in total. The lowest BCUT2D eigenvalue weighted by molar-refractivity contribution is -0.116. The average Bonchev–Trinajstić information content (AvgIpc) is 1.87. The van der Waals surface area contributed by atoms with E-state index in [1.54, 1.807) is 0 Å². The molecular weight excluding hydrogens is 154 g/mol. The summed E-state index contributed by atoms with van der Waals surface area (Å²) in [6.07, 6.45) is -0.943. The van der Waals surface area contributed by atoms with E-state index in [0.29, 0.717) is 0 Å². The van der Waals surface area contributed by atoms with Gasteiger partial charge in [-0.05, 0) is 6.92 Å². The zero-order valence-electron chi connectivity index (χ0n) is 5.50. The van der Waals surface area contributed by atoms with E-state index in [0.717, 1.165) is 0 Å². The van der Waals surface area contributed by atoms with Gasteiger partial charge in [-0.1, -0.05) is 12.2 Å². The van der Waals surface area contributed by atoms with Gasteiger partial charge in [0.05, 0.1) is 6.10 Å². The number of carbonyl (C=O) groups is 1. The molecule has 1 amide bonds. The quantitative estimate of drug-likeness (QED) is 0.361. The number of nitrogens with one attached hydrogen (secondary N) is 1. The Balaban J connectivity index is 3.83. The molecule has 1 atom stereocenters. The van der Waals surface area contributed by atoms with Crippen LogP contribution in [0.4, 0.5) is 0 Å². The highest BCUT2D eigenvalue weighted by Gasteiger charge is 2.12. The van der Waals surface area contributed by atoms with Crippen LogP contribution in [0.1, 0.15) is 6.92 Å². The molecule has 0 saturated heterocycles. The molecule has 3 N–H and O–H groups in total. The topological polar surface area (TPSA) is 69.6 Å². The number of hydrogen-bond acceptors (Lipinski definition) is 4. The van der Waals surface area contributed by atoms with Crippen LogP contribution in [0.3, 0.4) is 0 Å². The van der Waals surface area contributed by atoms with Crippen LogP contribution in [0, 0.1) is 0 Å². The SMILES string of the molecule is CC(O)C(=S)C(=O)NCO. The molecule has 0 radical (unpaired) electrons. The zero-order valence-corrected chi connectivity index (χ0v) is 6.31. The van der Waals surface area contributed by atoms with Crippen molar-refractivity contribution in [3.8, 4) is 0 Å². The normalized spacial score (nSPS) is 12.3. The molecular formula is C5H9NO3S. The first-order valence-electron chi connectivity index (χ1n) is 2.70. The van der Waals surface area contributed by atoms with Gasteiger partial charge < -0.3 is 15.5 Å². The van der Waals surface area contributed by atoms with Gasteiger partial charge in [0.15, 0.2) is 0 Å². The van der Waals surface area contributed by atoms with E-state index in [1.165, 1.54) is 6.92 Å². The van der Waals surface area contributed by atoms with Crippen LogP contribution in [0.25, 0.3) is 0 Å². The van der Waals surface area contributed by atoms with Crippen LogP contribution in [0.5, 0.6) is 0 Å². The molecule has 1 unspecified atom stereocenters. The third-order valence-electron chi connectivity index (χ3n) is 0.843. The summed E-state index contributed by atoms with van der Waals surface area (Å²) in [5.74, 6) is -0.604. The number of rotatable bonds is 3. The number of amides is 1. The fourth-order valence-electron chi connectivity index (χ4n) is 0.349. The Morgan fingerprint density at radius 2 is 2.30 bits per heavy atom. The van der Waals surface area contributed by atoms with E-state index >= 15 is 0 Å². The van der Waals surface area contributed by atoms with Gasteiger partial charge >= 0.3 is 0 Å². The Hall–Kier alpha value is -0.520. The average molecular weight is 163 g/mol. The van der Waals surface area contributed by atoms with Crippen molar-refractivity contribution in [3.05, 3.63) is 0 Å². The fraction of sp³-hybridized carbons (Fsp3) is 0.600. The molecule has 0 aromatic carbocycles. The molecule has 0 bridgehead atoms. The maximum atomic E-state index is 10.6. The summed E-state index contributed by atoms with van der Waals surface area (Å²) in [6, 6.07) is 0. The number of hydrogen-bond donors (Lipinski definition) is 3. The van der Waals surface area contributed by atoms with Crippen LogP contribution < -0.4 is 5.32 Å². The van der Waals surface area contributed by atoms with Gasteiger partial charge in [-0.15, -0.1) is 0 Å². The van der Waals surface area contributed by atoms with E-state index in [9.17, 15) is 4.79 Å². The highest BCUT2D eigenvalue weighted by Crippen LogP contribution is 1.86. The highest BCUT2D eigenvalue weighted by molar-refractivity contribution is 7.82. The van der Waals surface area contributed by atoms with Crippen molar-refractivity contribution in [2.45, 2.75) is 13.0 Å². The van der Waals surface area contributed by atoms with E-state index in [2.05, 4.69) is 12.2 Å². The van der Waals surface area contributed by atoms with Crippen LogP contribution in [0.2, 0.25) is 0 Å². The lowest BCUT2D eigenvalue weighted by Crippen LogP contribution is -2.35. The molecule has 5 heteroatoms. The molecule has 0 aliphatic carbocycles. The van der Waals surface area contributed by atoms with Gasteiger partial charge in [-0.25, -0.2) is 0 Å². The number of thiocarbonyl (C=S) groups is 1. The summed E-state index contributed by atoms with van der Waals surface area (Å²) < 4.78 is 0. The Bertz CT molecular complexity index is 146. The van der Waals surface area contributed by atoms with Crippen molar-refractivity contribution < 1.29 is 15.0 Å². The maximum absolute atomic E-state index is 10.6. The lowest BCUT2D eigenvalue weighted by atomic mass is 10.3. The molecule has 0 aromatic heterocycles. The van der Waals surface area contributed by atoms with Gasteiger partial charge in [0, 0.05) is 0 Å². The molecule has 0 heterocycles. The second kappa shape index (κ2) is 4.32. The van der Waals surface area contributed by atoms with Gasteiger partial charge in [-0.2, -0.15) is 0 Å². The maximum Gasteiger partial charge on any atom is 0.262 e. The Morgan fingerprint density at radius 3 is 2.60 bits per heavy atom. The first kappa shape index (κ1) is 9.48. The van der Waals surface area contributed by atoms with Crippen LogP contribution in [-0.2, 0) is 4.79 Å². The molecule has 0 saturated carbocycles. The molecule has 0 spiro atoms. The van der Waals surface area contributed by atoms with E-state index < -0.39 is 18.7 Å². The number of aliphatic hydroxyl groups is 2. The van der Waals surface area contributed by atoms with Crippen LogP contribution in [-0.4, -0.2) is 33.8 Å². The second-order valence-corrected chi connectivity index (χ2v) is 2.14. The number of carbonyl (C=O) groups excluding carboxylic acids is 1. The Labute approximate surface area is 63.9 Å². The second-order valence-electron chi connectivity index (χ2n) is 1.70. The Kier molecular flexibility index (Phi) is 4.10. The van der Waals surface area contributed by atoms with Gasteiger partial charge in [0.25, 0.3) is 5.91 Å². The molecule has 0 rings (SSSR count). The third kappa shape index (κ3) is 2.86. The minimum atomic E-state index is -0.943. The lowest BCUT2D eigenvalue weighted by Gasteiger charge is -2.04. The summed E-state index contributed by atoms with van der Waals surface area (Å²) in [7, 11) is 0. The molecule has 0 aliphatic heterocycles. The first-order valence-corrected chi connectivity index (χ1v) is 3.11. The predicted molar refractivity (Wildman–Crippen MR) is 39.5 cm³/mol. The highest BCUT2D eigenvalue weighted by atomic mass is 32.1. The summed E-state index contributed by atoms with van der Waals surface area (Å²) in [6.45, 7) is 0.922. The van der Waals surface area contributed by atoms with E-state index in [4.69, 9.17) is 10.2 Å². The molecule has 0 aromatic rings. The van der Waals surface area contributed by atoms with E-state index in [1.807, 2.05) is 5.32 Å². The summed E-state index contributed by atoms with van der Waals surface area (Å²) in [5, 5.41) is 19.0. The van der Waals surface area contributed by atoms with Crippen molar-refractivity contribution in [1.29, 1.82) is 0 Å². The first-order chi connectivity index (χ1) is 4.59. The van der Waals surface area contributed by atoms with Gasteiger partial charge in [0.2, 0.25) is 0 Å². The smallest absolute Gasteiger partial charge is 0.262 e. The summed E-state index contributed by atoms with van der Waals surface area (Å²) >= 11 is 4.49. The molecule has 0 aliphatic rings. The van der Waals surface area contributed by atoms with Crippen molar-refractivity contribution >= 4 is 23.0 Å². The van der Waals surface area contributed by atoms with E-state index in [-0.39, 0.29) is 4.86 Å².